The third-order valence-electron chi connectivity index (χ3n) is 5.08. The van der Waals surface area contributed by atoms with Crippen molar-refractivity contribution in [1.29, 1.82) is 0 Å². The molecule has 0 aliphatic carbocycles. The van der Waals surface area contributed by atoms with Gasteiger partial charge in [-0.1, -0.05) is 12.1 Å². The molecule has 3 rings (SSSR count). The molecule has 9 heteroatoms. The van der Waals surface area contributed by atoms with Crippen LogP contribution in [-0.4, -0.2) is 27.0 Å². The Kier molecular flexibility index (Phi) is 6.47. The zero-order valence-electron chi connectivity index (χ0n) is 17.5. The minimum atomic E-state index is -3.73. The maximum Gasteiger partial charge on any atom is 0.339 e. The lowest BCUT2D eigenvalue weighted by atomic mass is 10.1. The lowest BCUT2D eigenvalue weighted by Crippen LogP contribution is -2.37. The van der Waals surface area contributed by atoms with E-state index in [0.29, 0.717) is 29.9 Å². The molecular formula is C22H24N2O6S. The van der Waals surface area contributed by atoms with Gasteiger partial charge in [0.2, 0.25) is 10.0 Å². The molecule has 31 heavy (non-hydrogen) atoms. The summed E-state index contributed by atoms with van der Waals surface area (Å²) in [5, 5.41) is 8.67. The summed E-state index contributed by atoms with van der Waals surface area (Å²) in [4.78, 5) is 24.3. The van der Waals surface area contributed by atoms with Crippen molar-refractivity contribution in [1.82, 2.24) is 5.32 Å². The van der Waals surface area contributed by atoms with Gasteiger partial charge in [-0.15, -0.1) is 0 Å². The normalized spacial score (nSPS) is 12.5. The van der Waals surface area contributed by atoms with E-state index < -0.39 is 21.8 Å². The summed E-state index contributed by atoms with van der Waals surface area (Å²) in [5.41, 5.74) is 2.27. The van der Waals surface area contributed by atoms with Crippen molar-refractivity contribution >= 4 is 26.9 Å². The van der Waals surface area contributed by atoms with E-state index in [4.69, 9.17) is 14.3 Å². The average Bonchev–Trinajstić information content (AvgIpc) is 2.71. The number of rotatable bonds is 7. The summed E-state index contributed by atoms with van der Waals surface area (Å²) in [6.07, 6.45) is -0.246. The minimum absolute atomic E-state index is 0.0406. The highest BCUT2D eigenvalue weighted by Gasteiger charge is 2.16. The van der Waals surface area contributed by atoms with Gasteiger partial charge >= 0.3 is 5.63 Å². The molecule has 0 saturated carbocycles. The molecule has 1 atom stereocenters. The second-order valence-electron chi connectivity index (χ2n) is 7.29. The Labute approximate surface area is 180 Å². The van der Waals surface area contributed by atoms with Gasteiger partial charge < -0.3 is 14.5 Å². The van der Waals surface area contributed by atoms with Gasteiger partial charge in [-0.2, -0.15) is 0 Å². The maximum absolute atomic E-state index is 12.3. The Bertz CT molecular complexity index is 1280. The monoisotopic (exact) mass is 444 g/mol. The van der Waals surface area contributed by atoms with Gasteiger partial charge in [0.15, 0.2) is 6.10 Å². The molecule has 1 heterocycles. The molecule has 0 spiro atoms. The maximum atomic E-state index is 12.3. The summed E-state index contributed by atoms with van der Waals surface area (Å²) in [6, 6.07) is 11.3. The standard InChI is InChI=1S/C22H24N2O6S/c1-13-14(2)22(26)30-20-12-17(6-9-19(13)20)29-15(3)21(25)24-11-10-16-4-7-18(8-5-16)31(23,27)28/h4-9,12,15H,10-11H2,1-3H3,(H,24,25)(H2,23,27,28)/t15-/m0/s1. The second-order valence-corrected chi connectivity index (χ2v) is 8.85. The summed E-state index contributed by atoms with van der Waals surface area (Å²) in [5.74, 6) is 0.114. The van der Waals surface area contributed by atoms with Crippen LogP contribution in [0.25, 0.3) is 11.0 Å². The van der Waals surface area contributed by atoms with Crippen LogP contribution in [0.3, 0.4) is 0 Å². The van der Waals surface area contributed by atoms with Gasteiger partial charge in [0.05, 0.1) is 4.90 Å². The van der Waals surface area contributed by atoms with Crippen LogP contribution in [0.2, 0.25) is 0 Å². The lowest BCUT2D eigenvalue weighted by Gasteiger charge is -2.15. The Morgan fingerprint density at radius 2 is 1.81 bits per heavy atom. The third-order valence-corrected chi connectivity index (χ3v) is 6.00. The number of amides is 1. The molecule has 0 fully saturated rings. The first-order valence-electron chi connectivity index (χ1n) is 9.66. The van der Waals surface area contributed by atoms with Gasteiger partial charge in [-0.3, -0.25) is 4.79 Å². The van der Waals surface area contributed by atoms with Gasteiger partial charge in [-0.25, -0.2) is 18.4 Å². The first-order valence-corrected chi connectivity index (χ1v) is 11.2. The van der Waals surface area contributed by atoms with E-state index in [2.05, 4.69) is 5.32 Å². The van der Waals surface area contributed by atoms with E-state index in [9.17, 15) is 18.0 Å². The fourth-order valence-corrected chi connectivity index (χ4v) is 3.59. The van der Waals surface area contributed by atoms with Crippen molar-refractivity contribution in [3.8, 4) is 5.75 Å². The van der Waals surface area contributed by atoms with E-state index in [1.54, 1.807) is 44.2 Å². The molecular weight excluding hydrogens is 420 g/mol. The molecule has 1 amide bonds. The Hall–Kier alpha value is -3.17. The number of nitrogens with one attached hydrogen (secondary N) is 1. The van der Waals surface area contributed by atoms with Gasteiger partial charge in [0, 0.05) is 23.6 Å². The van der Waals surface area contributed by atoms with Crippen LogP contribution in [0, 0.1) is 13.8 Å². The number of hydrogen-bond acceptors (Lipinski definition) is 6. The smallest absolute Gasteiger partial charge is 0.339 e. The van der Waals surface area contributed by atoms with E-state index in [0.717, 1.165) is 16.5 Å². The minimum Gasteiger partial charge on any atom is -0.481 e. The topological polar surface area (TPSA) is 129 Å². The van der Waals surface area contributed by atoms with E-state index >= 15 is 0 Å². The number of sulfonamides is 1. The van der Waals surface area contributed by atoms with Crippen molar-refractivity contribution in [3.05, 3.63) is 69.6 Å². The quantitative estimate of drug-likeness (QED) is 0.538. The number of fused-ring (bicyclic) bond motifs is 1. The van der Waals surface area contributed by atoms with Gasteiger partial charge in [0.25, 0.3) is 5.91 Å². The predicted octanol–water partition coefficient (Wildman–Crippen LogP) is 2.18. The number of benzene rings is 2. The van der Waals surface area contributed by atoms with Crippen molar-refractivity contribution in [2.75, 3.05) is 6.54 Å². The van der Waals surface area contributed by atoms with Crippen molar-refractivity contribution in [2.24, 2.45) is 5.14 Å². The van der Waals surface area contributed by atoms with Gasteiger partial charge in [0.1, 0.15) is 11.3 Å². The highest BCUT2D eigenvalue weighted by atomic mass is 32.2. The lowest BCUT2D eigenvalue weighted by molar-refractivity contribution is -0.127. The Morgan fingerprint density at radius 3 is 2.45 bits per heavy atom. The molecule has 3 N–H and O–H groups in total. The second kappa shape index (κ2) is 8.91. The van der Waals surface area contributed by atoms with E-state index in [1.807, 2.05) is 6.92 Å². The largest absolute Gasteiger partial charge is 0.481 e. The molecule has 1 aromatic heterocycles. The molecule has 2 aromatic carbocycles. The Balaban J connectivity index is 1.58. The number of carbonyl (C=O) groups is 1. The van der Waals surface area contributed by atoms with Crippen LogP contribution in [0.15, 0.2) is 56.6 Å². The SMILES string of the molecule is Cc1c(C)c2ccc(O[C@@H](C)C(=O)NCCc3ccc(S(N)(=O)=O)cc3)cc2oc1=O. The number of aryl methyl sites for hydroxylation is 1. The van der Waals surface area contributed by atoms with Crippen LogP contribution in [0.5, 0.6) is 5.75 Å². The third kappa shape index (κ3) is 5.31. The first-order chi connectivity index (χ1) is 14.6. The highest BCUT2D eigenvalue weighted by Crippen LogP contribution is 2.24. The summed E-state index contributed by atoms with van der Waals surface area (Å²) in [7, 11) is -3.73. The van der Waals surface area contributed by atoms with Crippen LogP contribution >= 0.6 is 0 Å². The summed E-state index contributed by atoms with van der Waals surface area (Å²) < 4.78 is 33.6. The number of carbonyl (C=O) groups excluding carboxylic acids is 1. The number of ether oxygens (including phenoxy) is 1. The molecule has 3 aromatic rings. The van der Waals surface area contributed by atoms with E-state index in [-0.39, 0.29) is 10.8 Å². The molecule has 0 aliphatic heterocycles. The van der Waals surface area contributed by atoms with Gasteiger partial charge in [-0.05, 0) is 62.6 Å². The number of primary sulfonamides is 1. The van der Waals surface area contributed by atoms with Crippen LogP contribution in [-0.2, 0) is 21.2 Å². The molecule has 0 unspecified atom stereocenters. The summed E-state index contributed by atoms with van der Waals surface area (Å²) >= 11 is 0. The fourth-order valence-electron chi connectivity index (χ4n) is 3.08. The number of hydrogen-bond donors (Lipinski definition) is 2. The Morgan fingerprint density at radius 1 is 1.13 bits per heavy atom. The number of nitrogens with two attached hydrogens (primary N) is 1. The van der Waals surface area contributed by atoms with Crippen LogP contribution < -0.4 is 20.8 Å². The van der Waals surface area contributed by atoms with Crippen LogP contribution in [0.4, 0.5) is 0 Å². The molecule has 0 bridgehead atoms. The molecule has 8 nitrogen and oxygen atoms in total. The van der Waals surface area contributed by atoms with Crippen LogP contribution in [0.1, 0.15) is 23.6 Å². The fraction of sp³-hybridized carbons (Fsp3) is 0.273. The zero-order valence-corrected chi connectivity index (χ0v) is 18.3. The predicted molar refractivity (Wildman–Crippen MR) is 117 cm³/mol. The first kappa shape index (κ1) is 22.5. The van der Waals surface area contributed by atoms with Crippen molar-refractivity contribution in [3.63, 3.8) is 0 Å². The molecule has 0 saturated heterocycles. The zero-order chi connectivity index (χ0) is 22.8. The molecule has 164 valence electrons. The molecule has 0 radical (unpaired) electrons. The average molecular weight is 445 g/mol. The van der Waals surface area contributed by atoms with Crippen molar-refractivity contribution < 1.29 is 22.4 Å². The highest BCUT2D eigenvalue weighted by molar-refractivity contribution is 7.89. The molecule has 0 aliphatic rings. The van der Waals surface area contributed by atoms with E-state index in [1.165, 1.54) is 12.1 Å². The van der Waals surface area contributed by atoms with Crippen molar-refractivity contribution in [2.45, 2.75) is 38.2 Å². The summed E-state index contributed by atoms with van der Waals surface area (Å²) in [6.45, 7) is 5.54.